The van der Waals surface area contributed by atoms with E-state index in [2.05, 4.69) is 5.32 Å². The van der Waals surface area contributed by atoms with E-state index in [1.807, 2.05) is 37.3 Å². The summed E-state index contributed by atoms with van der Waals surface area (Å²) in [6.07, 6.45) is 3.51. The fourth-order valence-electron chi connectivity index (χ4n) is 2.42. The standard InChI is InChI=1S/C19H21NO3S/c1-3-16(17-9-5-4-6-10-17)13-19(21)20-18-11-7-8-15(12-18)14-24(2,22)23/h4-13H,3,14H2,1-2H3,(H,20,21)/b16-13+. The van der Waals surface area contributed by atoms with Crippen molar-refractivity contribution in [3.8, 4) is 0 Å². The van der Waals surface area contributed by atoms with Crippen molar-refractivity contribution in [2.75, 3.05) is 11.6 Å². The first-order valence-electron chi connectivity index (χ1n) is 7.71. The Morgan fingerprint density at radius 2 is 1.79 bits per heavy atom. The lowest BCUT2D eigenvalue weighted by Gasteiger charge is -2.08. The van der Waals surface area contributed by atoms with Gasteiger partial charge in [0.15, 0.2) is 9.84 Å². The molecule has 0 saturated heterocycles. The van der Waals surface area contributed by atoms with Crippen molar-refractivity contribution in [1.29, 1.82) is 0 Å². The van der Waals surface area contributed by atoms with Gasteiger partial charge in [-0.3, -0.25) is 4.79 Å². The Kier molecular flexibility index (Phi) is 5.93. The molecule has 0 atom stereocenters. The Morgan fingerprint density at radius 1 is 1.08 bits per heavy atom. The van der Waals surface area contributed by atoms with Crippen LogP contribution in [-0.2, 0) is 20.4 Å². The molecule has 1 N–H and O–H groups in total. The van der Waals surface area contributed by atoms with Crippen molar-refractivity contribution in [3.05, 3.63) is 71.8 Å². The van der Waals surface area contributed by atoms with Crippen molar-refractivity contribution in [2.45, 2.75) is 19.1 Å². The van der Waals surface area contributed by atoms with Gasteiger partial charge in [0.25, 0.3) is 0 Å². The maximum Gasteiger partial charge on any atom is 0.248 e. The summed E-state index contributed by atoms with van der Waals surface area (Å²) in [6.45, 7) is 2.00. The van der Waals surface area contributed by atoms with E-state index < -0.39 is 9.84 Å². The number of carbonyl (C=O) groups is 1. The van der Waals surface area contributed by atoms with Crippen molar-refractivity contribution in [2.24, 2.45) is 0 Å². The van der Waals surface area contributed by atoms with Gasteiger partial charge in [-0.2, -0.15) is 0 Å². The largest absolute Gasteiger partial charge is 0.322 e. The monoisotopic (exact) mass is 343 g/mol. The zero-order valence-corrected chi connectivity index (χ0v) is 14.6. The number of hydrogen-bond acceptors (Lipinski definition) is 3. The Labute approximate surface area is 143 Å². The van der Waals surface area contributed by atoms with E-state index in [4.69, 9.17) is 0 Å². The fourth-order valence-corrected chi connectivity index (χ4v) is 3.21. The lowest BCUT2D eigenvalue weighted by molar-refractivity contribution is -0.111. The van der Waals surface area contributed by atoms with E-state index in [1.54, 1.807) is 30.3 Å². The fraction of sp³-hybridized carbons (Fsp3) is 0.211. The molecule has 0 saturated carbocycles. The first-order valence-corrected chi connectivity index (χ1v) is 9.77. The summed E-state index contributed by atoms with van der Waals surface area (Å²) in [6, 6.07) is 16.6. The van der Waals surface area contributed by atoms with Gasteiger partial charge < -0.3 is 5.32 Å². The normalized spacial score (nSPS) is 12.0. The van der Waals surface area contributed by atoms with Crippen molar-refractivity contribution in [1.82, 2.24) is 0 Å². The lowest BCUT2D eigenvalue weighted by Crippen LogP contribution is -2.09. The van der Waals surface area contributed by atoms with E-state index in [0.29, 0.717) is 11.3 Å². The third kappa shape index (κ3) is 5.66. The molecule has 2 rings (SSSR count). The van der Waals surface area contributed by atoms with Crippen LogP contribution in [0.5, 0.6) is 0 Å². The van der Waals surface area contributed by atoms with Gasteiger partial charge in [0, 0.05) is 18.0 Å². The average Bonchev–Trinajstić information content (AvgIpc) is 2.52. The van der Waals surface area contributed by atoms with Gasteiger partial charge in [0.2, 0.25) is 5.91 Å². The molecule has 4 nitrogen and oxygen atoms in total. The number of benzene rings is 2. The molecule has 0 unspecified atom stereocenters. The molecule has 0 aliphatic carbocycles. The maximum absolute atomic E-state index is 12.2. The van der Waals surface area contributed by atoms with Crippen LogP contribution in [0.2, 0.25) is 0 Å². The number of hydrogen-bond donors (Lipinski definition) is 1. The predicted molar refractivity (Wildman–Crippen MR) is 98.3 cm³/mol. The van der Waals surface area contributed by atoms with Crippen LogP contribution in [0.4, 0.5) is 5.69 Å². The SMILES string of the molecule is CC/C(=C\C(=O)Nc1cccc(CS(C)(=O)=O)c1)c1ccccc1. The molecule has 1 amide bonds. The molecule has 0 aromatic heterocycles. The smallest absolute Gasteiger partial charge is 0.248 e. The number of sulfone groups is 1. The molecule has 126 valence electrons. The molecule has 0 aliphatic heterocycles. The van der Waals surface area contributed by atoms with Gasteiger partial charge in [-0.05, 0) is 35.3 Å². The Balaban J connectivity index is 2.14. The second kappa shape index (κ2) is 7.93. The van der Waals surface area contributed by atoms with Crippen LogP contribution in [0.3, 0.4) is 0 Å². The third-order valence-electron chi connectivity index (χ3n) is 3.45. The van der Waals surface area contributed by atoms with Gasteiger partial charge >= 0.3 is 0 Å². The Hall–Kier alpha value is -2.40. The van der Waals surface area contributed by atoms with Gasteiger partial charge in [0.1, 0.15) is 0 Å². The summed E-state index contributed by atoms with van der Waals surface area (Å²) in [5.41, 5.74) is 3.19. The van der Waals surface area contributed by atoms with Crippen LogP contribution in [0, 0.1) is 0 Å². The number of nitrogens with one attached hydrogen (secondary N) is 1. The summed E-state index contributed by atoms with van der Waals surface area (Å²) in [7, 11) is -3.11. The van der Waals surface area contributed by atoms with Crippen molar-refractivity contribution >= 4 is 27.0 Å². The molecular formula is C19H21NO3S. The molecule has 2 aromatic carbocycles. The van der Waals surface area contributed by atoms with Crippen molar-refractivity contribution < 1.29 is 13.2 Å². The minimum Gasteiger partial charge on any atom is -0.322 e. The summed E-state index contributed by atoms with van der Waals surface area (Å²) >= 11 is 0. The quantitative estimate of drug-likeness (QED) is 0.814. The van der Waals surface area contributed by atoms with E-state index in [0.717, 1.165) is 17.6 Å². The van der Waals surface area contributed by atoms with Gasteiger partial charge in [-0.15, -0.1) is 0 Å². The lowest BCUT2D eigenvalue weighted by atomic mass is 10.0. The van der Waals surface area contributed by atoms with Crippen LogP contribution < -0.4 is 5.32 Å². The van der Waals surface area contributed by atoms with Gasteiger partial charge in [-0.25, -0.2) is 8.42 Å². The number of allylic oxidation sites excluding steroid dienone is 1. The van der Waals surface area contributed by atoms with E-state index in [-0.39, 0.29) is 11.7 Å². The Morgan fingerprint density at radius 3 is 2.42 bits per heavy atom. The zero-order chi connectivity index (χ0) is 17.6. The molecule has 24 heavy (non-hydrogen) atoms. The molecule has 0 radical (unpaired) electrons. The molecule has 0 heterocycles. The van der Waals surface area contributed by atoms with Gasteiger partial charge in [-0.1, -0.05) is 49.4 Å². The van der Waals surface area contributed by atoms with Crippen LogP contribution in [-0.4, -0.2) is 20.6 Å². The second-order valence-electron chi connectivity index (χ2n) is 5.65. The summed E-state index contributed by atoms with van der Waals surface area (Å²) in [5.74, 6) is -0.274. The zero-order valence-electron chi connectivity index (χ0n) is 13.8. The maximum atomic E-state index is 12.2. The van der Waals surface area contributed by atoms with Crippen LogP contribution in [0.25, 0.3) is 5.57 Å². The van der Waals surface area contributed by atoms with E-state index in [1.165, 1.54) is 6.26 Å². The van der Waals surface area contributed by atoms with E-state index >= 15 is 0 Å². The first kappa shape index (κ1) is 17.9. The molecule has 5 heteroatoms. The highest BCUT2D eigenvalue weighted by molar-refractivity contribution is 7.89. The highest BCUT2D eigenvalue weighted by atomic mass is 32.2. The third-order valence-corrected chi connectivity index (χ3v) is 4.31. The predicted octanol–water partition coefficient (Wildman–Crippen LogP) is 3.66. The summed E-state index contributed by atoms with van der Waals surface area (Å²) < 4.78 is 22.8. The second-order valence-corrected chi connectivity index (χ2v) is 7.79. The van der Waals surface area contributed by atoms with E-state index in [9.17, 15) is 13.2 Å². The minimum absolute atomic E-state index is 0.0449. The molecule has 0 fully saturated rings. The van der Waals surface area contributed by atoms with Crippen LogP contribution in [0.15, 0.2) is 60.7 Å². The average molecular weight is 343 g/mol. The highest BCUT2D eigenvalue weighted by Gasteiger charge is 2.07. The Bertz CT molecular complexity index is 840. The molecule has 2 aromatic rings. The molecular weight excluding hydrogens is 322 g/mol. The molecule has 0 bridgehead atoms. The van der Waals surface area contributed by atoms with Gasteiger partial charge in [0.05, 0.1) is 5.75 Å². The van der Waals surface area contributed by atoms with Crippen LogP contribution in [0.1, 0.15) is 24.5 Å². The summed E-state index contributed by atoms with van der Waals surface area (Å²) in [5, 5.41) is 2.79. The number of amides is 1. The number of anilines is 1. The number of rotatable bonds is 6. The van der Waals surface area contributed by atoms with Crippen molar-refractivity contribution in [3.63, 3.8) is 0 Å². The highest BCUT2D eigenvalue weighted by Crippen LogP contribution is 2.18. The summed E-state index contributed by atoms with van der Waals surface area (Å²) in [4.78, 5) is 12.2. The topological polar surface area (TPSA) is 63.2 Å². The molecule has 0 aliphatic rings. The van der Waals surface area contributed by atoms with Crippen LogP contribution >= 0.6 is 0 Å². The minimum atomic E-state index is -3.11. The number of carbonyl (C=O) groups excluding carboxylic acids is 1. The molecule has 0 spiro atoms. The first-order chi connectivity index (χ1) is 11.4.